The number of anilines is 3. The van der Waals surface area contributed by atoms with E-state index in [9.17, 15) is 19.5 Å². The number of rotatable bonds is 8. The minimum Gasteiger partial charge on any atom is -0.497 e. The second-order valence-corrected chi connectivity index (χ2v) is 11.4. The van der Waals surface area contributed by atoms with Gasteiger partial charge in [0.2, 0.25) is 0 Å². The highest BCUT2D eigenvalue weighted by molar-refractivity contribution is 6.08. The summed E-state index contributed by atoms with van der Waals surface area (Å²) in [4.78, 5) is 43.4. The van der Waals surface area contributed by atoms with Gasteiger partial charge in [-0.1, -0.05) is 49.4 Å². The summed E-state index contributed by atoms with van der Waals surface area (Å²) in [6.07, 6.45) is -0.573. The number of methoxy groups -OCH3 is 1. The molecule has 0 unspecified atom stereocenters. The van der Waals surface area contributed by atoms with Gasteiger partial charge >= 0.3 is 12.1 Å². The summed E-state index contributed by atoms with van der Waals surface area (Å²) >= 11 is 0. The van der Waals surface area contributed by atoms with Gasteiger partial charge in [-0.05, 0) is 54.8 Å². The van der Waals surface area contributed by atoms with Crippen molar-refractivity contribution in [1.82, 2.24) is 9.80 Å². The number of ether oxygens (including phenoxy) is 2. The van der Waals surface area contributed by atoms with Gasteiger partial charge in [0.25, 0.3) is 5.91 Å². The number of carbonyl (C=O) groups excluding carboxylic acids is 3. The fourth-order valence-electron chi connectivity index (χ4n) is 5.42. The number of hydrogen-bond acceptors (Lipinski definition) is 6. The Morgan fingerprint density at radius 2 is 1.65 bits per heavy atom. The average molecular weight is 626 g/mol. The summed E-state index contributed by atoms with van der Waals surface area (Å²) in [5.41, 5.74) is 1.77. The van der Waals surface area contributed by atoms with Crippen LogP contribution >= 0.6 is 0 Å². The first-order valence-corrected chi connectivity index (χ1v) is 15.1. The topological polar surface area (TPSA) is 132 Å². The first-order valence-electron chi connectivity index (χ1n) is 15.1. The highest BCUT2D eigenvalue weighted by Gasteiger charge is 2.35. The van der Waals surface area contributed by atoms with Crippen LogP contribution in [0.15, 0.2) is 84.9 Å². The molecule has 11 heteroatoms. The number of aliphatic hydroxyl groups is 1. The molecule has 4 aromatic carbocycles. The third-order valence-electron chi connectivity index (χ3n) is 8.12. The quantitative estimate of drug-likeness (QED) is 0.194. The number of hydrogen-bond donors (Lipinski definition) is 4. The van der Waals surface area contributed by atoms with Crippen molar-refractivity contribution in [2.45, 2.75) is 26.0 Å². The van der Waals surface area contributed by atoms with Crippen molar-refractivity contribution >= 4 is 45.8 Å². The lowest BCUT2D eigenvalue weighted by Gasteiger charge is -2.38. The molecular weight excluding hydrogens is 586 g/mol. The molecule has 4 aromatic rings. The SMILES string of the molecule is COc1ccc(NC(=O)N(C)C[C@H]2Oc3c(NC(=O)Nc4cccc5ccccc45)cccc3C(=O)N([C@@H](C)CO)C[C@H]2C)cc1. The second kappa shape index (κ2) is 14.2. The molecule has 4 N–H and O–H groups in total. The van der Waals surface area contributed by atoms with E-state index in [0.717, 1.165) is 10.8 Å². The minimum absolute atomic E-state index is 0.175. The third kappa shape index (κ3) is 7.16. The number of carbonyl (C=O) groups is 3. The Morgan fingerprint density at radius 3 is 2.39 bits per heavy atom. The Kier molecular flexibility index (Phi) is 9.92. The monoisotopic (exact) mass is 625 g/mol. The van der Waals surface area contributed by atoms with Crippen LogP contribution < -0.4 is 25.4 Å². The van der Waals surface area contributed by atoms with Gasteiger partial charge < -0.3 is 40.3 Å². The number of benzene rings is 4. The van der Waals surface area contributed by atoms with Gasteiger partial charge in [0.1, 0.15) is 11.9 Å². The molecule has 1 aliphatic rings. The molecule has 0 fully saturated rings. The van der Waals surface area contributed by atoms with Crippen LogP contribution in [-0.2, 0) is 0 Å². The van der Waals surface area contributed by atoms with Crippen LogP contribution in [-0.4, -0.2) is 78.9 Å². The molecule has 3 atom stereocenters. The maximum absolute atomic E-state index is 13.8. The zero-order chi connectivity index (χ0) is 32.8. The first kappa shape index (κ1) is 32.1. The van der Waals surface area contributed by atoms with Crippen molar-refractivity contribution in [1.29, 1.82) is 0 Å². The van der Waals surface area contributed by atoms with Crippen molar-refractivity contribution in [2.75, 3.05) is 49.8 Å². The summed E-state index contributed by atoms with van der Waals surface area (Å²) in [5, 5.41) is 20.5. The zero-order valence-electron chi connectivity index (χ0n) is 26.3. The molecule has 0 saturated carbocycles. The molecule has 5 rings (SSSR count). The van der Waals surface area contributed by atoms with E-state index >= 15 is 0 Å². The molecule has 1 aliphatic heterocycles. The van der Waals surface area contributed by atoms with E-state index < -0.39 is 18.2 Å². The molecule has 0 radical (unpaired) electrons. The van der Waals surface area contributed by atoms with E-state index in [1.165, 1.54) is 4.90 Å². The number of aliphatic hydroxyl groups excluding tert-OH is 1. The zero-order valence-corrected chi connectivity index (χ0v) is 26.3. The Balaban J connectivity index is 1.41. The number of para-hydroxylation sites is 1. The molecule has 0 spiro atoms. The third-order valence-corrected chi connectivity index (χ3v) is 8.12. The lowest BCUT2D eigenvalue weighted by atomic mass is 9.99. The first-order chi connectivity index (χ1) is 22.2. The molecule has 5 amide bonds. The number of nitrogens with zero attached hydrogens (tertiary/aromatic N) is 2. The summed E-state index contributed by atoms with van der Waals surface area (Å²) in [7, 11) is 3.24. The Bertz CT molecular complexity index is 1710. The van der Waals surface area contributed by atoms with Gasteiger partial charge in [0, 0.05) is 30.6 Å². The Morgan fingerprint density at radius 1 is 0.978 bits per heavy atom. The van der Waals surface area contributed by atoms with Gasteiger partial charge in [-0.2, -0.15) is 0 Å². The van der Waals surface area contributed by atoms with Crippen molar-refractivity contribution in [2.24, 2.45) is 5.92 Å². The fourth-order valence-corrected chi connectivity index (χ4v) is 5.42. The largest absolute Gasteiger partial charge is 0.497 e. The smallest absolute Gasteiger partial charge is 0.323 e. The van der Waals surface area contributed by atoms with Crippen molar-refractivity contribution in [3.63, 3.8) is 0 Å². The van der Waals surface area contributed by atoms with E-state index in [1.807, 2.05) is 49.4 Å². The fraction of sp³-hybridized carbons (Fsp3) is 0.286. The van der Waals surface area contributed by atoms with Gasteiger partial charge in [0.15, 0.2) is 5.75 Å². The molecule has 46 heavy (non-hydrogen) atoms. The van der Waals surface area contributed by atoms with Crippen LogP contribution in [0.3, 0.4) is 0 Å². The number of nitrogens with one attached hydrogen (secondary N) is 3. The standard InChI is InChI=1S/C35H39N5O6/c1-22-19-40(23(2)21-41)33(42)28-12-8-14-30(38-34(43)37-29-13-7-10-24-9-5-6-11-27(24)29)32(28)46-31(22)20-39(3)35(44)36-25-15-17-26(45-4)18-16-25/h5-18,22-23,31,41H,19-21H2,1-4H3,(H,36,44)(H2,37,38,43)/t22-,23+,31-/m1/s1. The van der Waals surface area contributed by atoms with E-state index in [2.05, 4.69) is 16.0 Å². The molecule has 0 saturated heterocycles. The number of urea groups is 2. The van der Waals surface area contributed by atoms with E-state index in [-0.39, 0.29) is 48.9 Å². The van der Waals surface area contributed by atoms with Crippen LogP contribution in [0.5, 0.6) is 11.5 Å². The van der Waals surface area contributed by atoms with Crippen LogP contribution in [0.1, 0.15) is 24.2 Å². The van der Waals surface area contributed by atoms with Gasteiger partial charge in [0.05, 0.1) is 43.2 Å². The average Bonchev–Trinajstić information content (AvgIpc) is 3.06. The van der Waals surface area contributed by atoms with Gasteiger partial charge in [-0.15, -0.1) is 0 Å². The van der Waals surface area contributed by atoms with Gasteiger partial charge in [-0.3, -0.25) is 4.79 Å². The normalized spacial score (nSPS) is 16.7. The maximum Gasteiger partial charge on any atom is 0.323 e. The van der Waals surface area contributed by atoms with E-state index in [4.69, 9.17) is 9.47 Å². The molecular formula is C35H39N5O6. The maximum atomic E-state index is 13.8. The predicted octanol–water partition coefficient (Wildman–Crippen LogP) is 5.88. The van der Waals surface area contributed by atoms with Gasteiger partial charge in [-0.25, -0.2) is 9.59 Å². The number of fused-ring (bicyclic) bond motifs is 2. The Hall–Kier alpha value is -5.29. The molecule has 0 bridgehead atoms. The summed E-state index contributed by atoms with van der Waals surface area (Å²) in [6, 6.07) is 24.0. The van der Waals surface area contributed by atoms with Crippen molar-refractivity contribution < 1.29 is 29.0 Å². The van der Waals surface area contributed by atoms with Crippen LogP contribution in [0.2, 0.25) is 0 Å². The highest BCUT2D eigenvalue weighted by atomic mass is 16.5. The highest BCUT2D eigenvalue weighted by Crippen LogP contribution is 2.35. The molecule has 0 aromatic heterocycles. The lowest BCUT2D eigenvalue weighted by Crippen LogP contribution is -2.50. The van der Waals surface area contributed by atoms with Crippen molar-refractivity contribution in [3.8, 4) is 11.5 Å². The minimum atomic E-state index is -0.573. The molecule has 240 valence electrons. The van der Waals surface area contributed by atoms with Crippen LogP contribution in [0, 0.1) is 5.92 Å². The van der Waals surface area contributed by atoms with E-state index in [0.29, 0.717) is 22.8 Å². The summed E-state index contributed by atoms with van der Waals surface area (Å²) in [6.45, 7) is 3.94. The van der Waals surface area contributed by atoms with Crippen LogP contribution in [0.25, 0.3) is 10.8 Å². The lowest BCUT2D eigenvalue weighted by molar-refractivity contribution is 0.0373. The predicted molar refractivity (Wildman–Crippen MR) is 179 cm³/mol. The number of likely N-dealkylation sites (N-methyl/N-ethyl adjacent to an activating group) is 1. The van der Waals surface area contributed by atoms with Crippen molar-refractivity contribution in [3.05, 3.63) is 90.5 Å². The molecule has 0 aliphatic carbocycles. The summed E-state index contributed by atoms with van der Waals surface area (Å²) < 4.78 is 11.7. The van der Waals surface area contributed by atoms with E-state index in [1.54, 1.807) is 68.4 Å². The summed E-state index contributed by atoms with van der Waals surface area (Å²) in [5.74, 6) is 0.287. The van der Waals surface area contributed by atoms with Crippen LogP contribution in [0.4, 0.5) is 26.7 Å². The Labute approximate surface area is 268 Å². The molecule has 11 nitrogen and oxygen atoms in total. The number of amides is 5. The molecule has 1 heterocycles. The second-order valence-electron chi connectivity index (χ2n) is 11.4.